The van der Waals surface area contributed by atoms with Gasteiger partial charge in [0.25, 0.3) is 0 Å². The molecule has 0 bridgehead atoms. The first-order valence-electron chi connectivity index (χ1n) is 6.85. The van der Waals surface area contributed by atoms with E-state index in [2.05, 4.69) is 26.8 Å². The third kappa shape index (κ3) is 5.77. The average molecular weight is 264 g/mol. The fraction of sp³-hybridized carbons (Fsp3) is 0.562. The maximum Gasteiger partial charge on any atom is 0.303 e. The summed E-state index contributed by atoms with van der Waals surface area (Å²) in [5.74, 6) is 0.215. The van der Waals surface area contributed by atoms with Crippen LogP contribution in [0, 0.1) is 0 Å². The largest absolute Gasteiger partial charge is 0.493 e. The number of unbranched alkanes of at least 4 members (excludes halogenated alkanes) is 2. The number of rotatable bonds is 7. The van der Waals surface area contributed by atoms with E-state index in [4.69, 9.17) is 9.84 Å². The van der Waals surface area contributed by atoms with Gasteiger partial charge in [-0.2, -0.15) is 0 Å². The number of benzene rings is 1. The van der Waals surface area contributed by atoms with E-state index in [1.165, 1.54) is 5.56 Å². The Kier molecular flexibility index (Phi) is 5.87. The van der Waals surface area contributed by atoms with Gasteiger partial charge in [-0.3, -0.25) is 4.79 Å². The van der Waals surface area contributed by atoms with Crippen LogP contribution in [-0.2, 0) is 10.2 Å². The number of para-hydroxylation sites is 1. The SMILES string of the molecule is CC(C)(C)c1ccccc1OCCCCCC(=O)O. The molecule has 0 saturated carbocycles. The number of carbonyl (C=O) groups is 1. The predicted octanol–water partition coefficient (Wildman–Crippen LogP) is 4.01. The van der Waals surface area contributed by atoms with Crippen LogP contribution in [0.25, 0.3) is 0 Å². The van der Waals surface area contributed by atoms with Gasteiger partial charge in [0.1, 0.15) is 5.75 Å². The minimum Gasteiger partial charge on any atom is -0.493 e. The molecule has 0 fully saturated rings. The van der Waals surface area contributed by atoms with E-state index in [-0.39, 0.29) is 11.8 Å². The van der Waals surface area contributed by atoms with Gasteiger partial charge in [0.15, 0.2) is 0 Å². The summed E-state index contributed by atoms with van der Waals surface area (Å²) < 4.78 is 5.82. The molecule has 0 spiro atoms. The van der Waals surface area contributed by atoms with Gasteiger partial charge in [0, 0.05) is 6.42 Å². The summed E-state index contributed by atoms with van der Waals surface area (Å²) in [7, 11) is 0. The van der Waals surface area contributed by atoms with E-state index in [1.54, 1.807) is 0 Å². The van der Waals surface area contributed by atoms with Crippen molar-refractivity contribution in [3.63, 3.8) is 0 Å². The Bertz CT molecular complexity index is 405. The zero-order valence-electron chi connectivity index (χ0n) is 12.1. The van der Waals surface area contributed by atoms with E-state index in [9.17, 15) is 4.79 Å². The lowest BCUT2D eigenvalue weighted by molar-refractivity contribution is -0.137. The summed E-state index contributed by atoms with van der Waals surface area (Å²) in [4.78, 5) is 10.4. The normalized spacial score (nSPS) is 11.3. The molecule has 0 atom stereocenters. The Morgan fingerprint density at radius 2 is 1.84 bits per heavy atom. The van der Waals surface area contributed by atoms with Crippen molar-refractivity contribution in [3.8, 4) is 5.75 Å². The van der Waals surface area contributed by atoms with Gasteiger partial charge < -0.3 is 9.84 Å². The molecule has 19 heavy (non-hydrogen) atoms. The highest BCUT2D eigenvalue weighted by Gasteiger charge is 2.18. The molecule has 1 aromatic rings. The molecule has 0 unspecified atom stereocenters. The van der Waals surface area contributed by atoms with Gasteiger partial charge in [-0.1, -0.05) is 39.0 Å². The highest BCUT2D eigenvalue weighted by Crippen LogP contribution is 2.30. The van der Waals surface area contributed by atoms with Crippen LogP contribution in [0.5, 0.6) is 5.75 Å². The number of ether oxygens (including phenoxy) is 1. The molecule has 0 radical (unpaired) electrons. The van der Waals surface area contributed by atoms with E-state index in [0.29, 0.717) is 6.61 Å². The van der Waals surface area contributed by atoms with Crippen LogP contribution >= 0.6 is 0 Å². The molecule has 0 aliphatic heterocycles. The molecule has 106 valence electrons. The molecule has 0 aliphatic rings. The van der Waals surface area contributed by atoms with Crippen molar-refractivity contribution < 1.29 is 14.6 Å². The number of carboxylic acids is 1. The predicted molar refractivity (Wildman–Crippen MR) is 76.7 cm³/mol. The van der Waals surface area contributed by atoms with Gasteiger partial charge in [-0.15, -0.1) is 0 Å². The van der Waals surface area contributed by atoms with Crippen LogP contribution in [0.3, 0.4) is 0 Å². The monoisotopic (exact) mass is 264 g/mol. The lowest BCUT2D eigenvalue weighted by Gasteiger charge is -2.22. The van der Waals surface area contributed by atoms with Crippen LogP contribution < -0.4 is 4.74 Å². The molecular formula is C16H24O3. The summed E-state index contributed by atoms with van der Waals surface area (Å²) in [5.41, 5.74) is 1.28. The van der Waals surface area contributed by atoms with Gasteiger partial charge in [-0.25, -0.2) is 0 Å². The fourth-order valence-electron chi connectivity index (χ4n) is 1.95. The van der Waals surface area contributed by atoms with Crippen LogP contribution in [0.2, 0.25) is 0 Å². The maximum atomic E-state index is 10.4. The number of aliphatic carboxylic acids is 1. The molecule has 1 aromatic carbocycles. The molecule has 3 nitrogen and oxygen atoms in total. The molecule has 0 heterocycles. The van der Waals surface area contributed by atoms with Crippen LogP contribution in [-0.4, -0.2) is 17.7 Å². The molecule has 0 aliphatic carbocycles. The van der Waals surface area contributed by atoms with E-state index >= 15 is 0 Å². The summed E-state index contributed by atoms with van der Waals surface area (Å²) in [6.45, 7) is 7.15. The third-order valence-corrected chi connectivity index (χ3v) is 2.99. The Morgan fingerprint density at radius 1 is 1.16 bits per heavy atom. The lowest BCUT2D eigenvalue weighted by Crippen LogP contribution is -2.13. The second-order valence-electron chi connectivity index (χ2n) is 5.80. The zero-order valence-corrected chi connectivity index (χ0v) is 12.1. The molecule has 0 saturated heterocycles. The lowest BCUT2D eigenvalue weighted by atomic mass is 9.86. The second kappa shape index (κ2) is 7.17. The van der Waals surface area contributed by atoms with Crippen molar-refractivity contribution in [1.29, 1.82) is 0 Å². The Labute approximate surface area is 115 Å². The smallest absolute Gasteiger partial charge is 0.303 e. The fourth-order valence-corrected chi connectivity index (χ4v) is 1.95. The van der Waals surface area contributed by atoms with Crippen molar-refractivity contribution in [3.05, 3.63) is 29.8 Å². The summed E-state index contributed by atoms with van der Waals surface area (Å²) in [5, 5.41) is 8.54. The van der Waals surface area contributed by atoms with E-state index in [1.807, 2.05) is 18.2 Å². The van der Waals surface area contributed by atoms with Gasteiger partial charge in [0.2, 0.25) is 0 Å². The minimum atomic E-state index is -0.723. The second-order valence-corrected chi connectivity index (χ2v) is 5.80. The quantitative estimate of drug-likeness (QED) is 0.757. The van der Waals surface area contributed by atoms with E-state index < -0.39 is 5.97 Å². The summed E-state index contributed by atoms with van der Waals surface area (Å²) in [6, 6.07) is 8.10. The first kappa shape index (κ1) is 15.5. The van der Waals surface area contributed by atoms with Gasteiger partial charge in [0.05, 0.1) is 6.61 Å². The Balaban J connectivity index is 2.39. The molecule has 0 amide bonds. The molecule has 3 heteroatoms. The van der Waals surface area contributed by atoms with Gasteiger partial charge >= 0.3 is 5.97 Å². The zero-order chi connectivity index (χ0) is 14.3. The Morgan fingerprint density at radius 3 is 2.47 bits per heavy atom. The third-order valence-electron chi connectivity index (χ3n) is 2.99. The first-order chi connectivity index (χ1) is 8.91. The van der Waals surface area contributed by atoms with Crippen molar-refractivity contribution in [2.45, 2.75) is 51.9 Å². The van der Waals surface area contributed by atoms with Crippen molar-refractivity contribution in [2.24, 2.45) is 0 Å². The summed E-state index contributed by atoms with van der Waals surface area (Å²) >= 11 is 0. The Hall–Kier alpha value is -1.51. The van der Waals surface area contributed by atoms with Crippen LogP contribution in [0.15, 0.2) is 24.3 Å². The summed E-state index contributed by atoms with van der Waals surface area (Å²) in [6.07, 6.45) is 2.76. The molecular weight excluding hydrogens is 240 g/mol. The van der Waals surface area contributed by atoms with Gasteiger partial charge in [-0.05, 0) is 36.3 Å². The number of carboxylic acid groups (broad SMARTS) is 1. The average Bonchev–Trinajstić information content (AvgIpc) is 2.32. The molecule has 1 N–H and O–H groups in total. The van der Waals surface area contributed by atoms with Crippen LogP contribution in [0.4, 0.5) is 0 Å². The topological polar surface area (TPSA) is 46.5 Å². The van der Waals surface area contributed by atoms with Crippen LogP contribution in [0.1, 0.15) is 52.0 Å². The highest BCUT2D eigenvalue weighted by molar-refractivity contribution is 5.66. The van der Waals surface area contributed by atoms with E-state index in [0.717, 1.165) is 25.0 Å². The first-order valence-corrected chi connectivity index (χ1v) is 6.85. The van der Waals surface area contributed by atoms with Crippen molar-refractivity contribution in [1.82, 2.24) is 0 Å². The molecule has 0 aromatic heterocycles. The van der Waals surface area contributed by atoms with Crippen molar-refractivity contribution >= 4 is 5.97 Å². The highest BCUT2D eigenvalue weighted by atomic mass is 16.5. The molecule has 1 rings (SSSR count). The minimum absolute atomic E-state index is 0.0693. The maximum absolute atomic E-state index is 10.4. The van der Waals surface area contributed by atoms with Crippen molar-refractivity contribution in [2.75, 3.05) is 6.61 Å². The number of hydrogen-bond acceptors (Lipinski definition) is 2. The number of hydrogen-bond donors (Lipinski definition) is 1. The standard InChI is InChI=1S/C16H24O3/c1-16(2,3)13-9-6-7-10-14(13)19-12-8-4-5-11-15(17)18/h6-7,9-10H,4-5,8,11-12H2,1-3H3,(H,17,18).